The molecule has 0 amide bonds. The SMILES string of the molecule is CC(c1ccccc1O)N1C[C@H]2CNC[C@H]2C1. The minimum atomic E-state index is 0.321. The van der Waals surface area contributed by atoms with E-state index in [2.05, 4.69) is 17.1 Å². The van der Waals surface area contributed by atoms with Crippen molar-refractivity contribution in [2.75, 3.05) is 26.2 Å². The number of hydrogen-bond acceptors (Lipinski definition) is 3. The highest BCUT2D eigenvalue weighted by atomic mass is 16.3. The van der Waals surface area contributed by atoms with E-state index < -0.39 is 0 Å². The number of hydrogen-bond donors (Lipinski definition) is 2. The molecule has 1 aromatic carbocycles. The Morgan fingerprint density at radius 2 is 1.88 bits per heavy atom. The quantitative estimate of drug-likeness (QED) is 0.813. The van der Waals surface area contributed by atoms with Gasteiger partial charge in [-0.2, -0.15) is 0 Å². The monoisotopic (exact) mass is 232 g/mol. The average Bonchev–Trinajstić information content (AvgIpc) is 2.88. The number of para-hydroxylation sites is 1. The summed E-state index contributed by atoms with van der Waals surface area (Å²) in [5.74, 6) is 2.04. The van der Waals surface area contributed by atoms with Crippen LogP contribution in [0.1, 0.15) is 18.5 Å². The molecule has 0 aromatic heterocycles. The molecule has 3 atom stereocenters. The molecule has 2 N–H and O–H groups in total. The molecule has 1 unspecified atom stereocenters. The predicted octanol–water partition coefficient (Wildman–Crippen LogP) is 1.60. The summed E-state index contributed by atoms with van der Waals surface area (Å²) in [5, 5.41) is 13.4. The van der Waals surface area contributed by atoms with Gasteiger partial charge in [-0.15, -0.1) is 0 Å². The Morgan fingerprint density at radius 1 is 1.24 bits per heavy atom. The summed E-state index contributed by atoms with van der Waals surface area (Å²) >= 11 is 0. The summed E-state index contributed by atoms with van der Waals surface area (Å²) in [6, 6.07) is 8.02. The molecule has 17 heavy (non-hydrogen) atoms. The molecule has 0 spiro atoms. The molecule has 3 heteroatoms. The lowest BCUT2D eigenvalue weighted by Crippen LogP contribution is -2.28. The smallest absolute Gasteiger partial charge is 0.120 e. The van der Waals surface area contributed by atoms with Crippen LogP contribution in [0.4, 0.5) is 0 Å². The predicted molar refractivity (Wildman–Crippen MR) is 67.9 cm³/mol. The Morgan fingerprint density at radius 3 is 2.53 bits per heavy atom. The summed E-state index contributed by atoms with van der Waals surface area (Å²) in [6.45, 7) is 6.84. The van der Waals surface area contributed by atoms with E-state index in [1.165, 1.54) is 0 Å². The molecule has 3 rings (SSSR count). The molecule has 3 nitrogen and oxygen atoms in total. The van der Waals surface area contributed by atoms with Gasteiger partial charge in [0.15, 0.2) is 0 Å². The lowest BCUT2D eigenvalue weighted by Gasteiger charge is -2.26. The van der Waals surface area contributed by atoms with Gasteiger partial charge in [-0.05, 0) is 37.9 Å². The molecule has 2 fully saturated rings. The number of nitrogens with one attached hydrogen (secondary N) is 1. The normalized spacial score (nSPS) is 30.4. The van der Waals surface area contributed by atoms with Gasteiger partial charge >= 0.3 is 0 Å². The number of likely N-dealkylation sites (tertiary alicyclic amines) is 1. The molecule has 2 heterocycles. The second-order valence-corrected chi connectivity index (χ2v) is 5.37. The Kier molecular flexibility index (Phi) is 2.81. The van der Waals surface area contributed by atoms with Crippen LogP contribution in [-0.2, 0) is 0 Å². The summed E-state index contributed by atoms with van der Waals surface area (Å²) in [4.78, 5) is 2.51. The Bertz CT molecular complexity index is 395. The number of fused-ring (bicyclic) bond motifs is 1. The second kappa shape index (κ2) is 4.31. The topological polar surface area (TPSA) is 35.5 Å². The molecule has 92 valence electrons. The minimum absolute atomic E-state index is 0.321. The zero-order valence-electron chi connectivity index (χ0n) is 10.3. The number of phenolic OH excluding ortho intramolecular Hbond substituents is 1. The number of nitrogens with zero attached hydrogens (tertiary/aromatic N) is 1. The van der Waals surface area contributed by atoms with Crippen molar-refractivity contribution in [2.24, 2.45) is 11.8 Å². The fourth-order valence-corrected chi connectivity index (χ4v) is 3.25. The zero-order valence-corrected chi connectivity index (χ0v) is 10.3. The summed E-state index contributed by atoms with van der Waals surface area (Å²) in [5.41, 5.74) is 1.06. The van der Waals surface area contributed by atoms with Crippen molar-refractivity contribution in [1.29, 1.82) is 0 Å². The second-order valence-electron chi connectivity index (χ2n) is 5.37. The van der Waals surface area contributed by atoms with Crippen molar-refractivity contribution in [3.8, 4) is 5.75 Å². The summed E-state index contributed by atoms with van der Waals surface area (Å²) in [7, 11) is 0. The van der Waals surface area contributed by atoms with Gasteiger partial charge in [0.1, 0.15) is 5.75 Å². The number of phenols is 1. The van der Waals surface area contributed by atoms with Gasteiger partial charge in [-0.3, -0.25) is 4.90 Å². The summed E-state index contributed by atoms with van der Waals surface area (Å²) < 4.78 is 0. The lowest BCUT2D eigenvalue weighted by atomic mass is 10.0. The van der Waals surface area contributed by atoms with Crippen LogP contribution in [0.5, 0.6) is 5.75 Å². The molecular formula is C14H20N2O. The highest BCUT2D eigenvalue weighted by Gasteiger charge is 2.38. The van der Waals surface area contributed by atoms with Crippen LogP contribution >= 0.6 is 0 Å². The van der Waals surface area contributed by atoms with E-state index in [9.17, 15) is 5.11 Å². The molecule has 0 saturated carbocycles. The molecule has 1 aromatic rings. The van der Waals surface area contributed by atoms with Crippen LogP contribution < -0.4 is 5.32 Å². The van der Waals surface area contributed by atoms with Crippen molar-refractivity contribution < 1.29 is 5.11 Å². The number of rotatable bonds is 2. The average molecular weight is 232 g/mol. The maximum absolute atomic E-state index is 9.91. The van der Waals surface area contributed by atoms with Crippen LogP contribution in [-0.4, -0.2) is 36.2 Å². The van der Waals surface area contributed by atoms with Crippen molar-refractivity contribution >= 4 is 0 Å². The molecule has 0 radical (unpaired) electrons. The Labute approximate surface area is 102 Å². The van der Waals surface area contributed by atoms with Gasteiger partial charge in [0.05, 0.1) is 0 Å². The maximum Gasteiger partial charge on any atom is 0.120 e. The first-order chi connectivity index (χ1) is 8.25. The third-order valence-electron chi connectivity index (χ3n) is 4.35. The largest absolute Gasteiger partial charge is 0.508 e. The van der Waals surface area contributed by atoms with Crippen molar-refractivity contribution in [1.82, 2.24) is 10.2 Å². The van der Waals surface area contributed by atoms with Gasteiger partial charge in [0, 0.05) is 24.7 Å². The van der Waals surface area contributed by atoms with Gasteiger partial charge in [-0.1, -0.05) is 18.2 Å². The molecular weight excluding hydrogens is 212 g/mol. The third-order valence-corrected chi connectivity index (χ3v) is 4.35. The van der Waals surface area contributed by atoms with E-state index in [1.54, 1.807) is 6.07 Å². The summed E-state index contributed by atoms with van der Waals surface area (Å²) in [6.07, 6.45) is 0. The van der Waals surface area contributed by atoms with Crippen LogP contribution in [0.25, 0.3) is 0 Å². The first-order valence-electron chi connectivity index (χ1n) is 6.48. The fourth-order valence-electron chi connectivity index (χ4n) is 3.25. The third kappa shape index (κ3) is 1.94. The van der Waals surface area contributed by atoms with Gasteiger partial charge in [-0.25, -0.2) is 0 Å². The zero-order chi connectivity index (χ0) is 11.8. The highest BCUT2D eigenvalue weighted by molar-refractivity contribution is 5.34. The Balaban J connectivity index is 1.75. The Hall–Kier alpha value is -1.06. The molecule has 0 bridgehead atoms. The van der Waals surface area contributed by atoms with Crippen molar-refractivity contribution in [3.05, 3.63) is 29.8 Å². The minimum Gasteiger partial charge on any atom is -0.508 e. The van der Waals surface area contributed by atoms with Gasteiger partial charge in [0.25, 0.3) is 0 Å². The highest BCUT2D eigenvalue weighted by Crippen LogP contribution is 2.35. The molecule has 2 saturated heterocycles. The van der Waals surface area contributed by atoms with Crippen LogP contribution in [0.3, 0.4) is 0 Å². The van der Waals surface area contributed by atoms with E-state index in [1.807, 2.05) is 18.2 Å². The van der Waals surface area contributed by atoms with E-state index in [4.69, 9.17) is 0 Å². The molecule has 2 aliphatic heterocycles. The van der Waals surface area contributed by atoms with Crippen LogP contribution in [0.15, 0.2) is 24.3 Å². The van der Waals surface area contributed by atoms with E-state index >= 15 is 0 Å². The lowest BCUT2D eigenvalue weighted by molar-refractivity contribution is 0.239. The van der Waals surface area contributed by atoms with Crippen molar-refractivity contribution in [3.63, 3.8) is 0 Å². The van der Waals surface area contributed by atoms with Gasteiger partial charge < -0.3 is 10.4 Å². The maximum atomic E-state index is 9.91. The van der Waals surface area contributed by atoms with Crippen LogP contribution in [0, 0.1) is 11.8 Å². The molecule has 2 aliphatic rings. The van der Waals surface area contributed by atoms with E-state index in [-0.39, 0.29) is 0 Å². The molecule has 0 aliphatic carbocycles. The van der Waals surface area contributed by atoms with Crippen molar-refractivity contribution in [2.45, 2.75) is 13.0 Å². The number of aromatic hydroxyl groups is 1. The standard InChI is InChI=1S/C14H20N2O/c1-10(13-4-2-3-5-14(13)17)16-8-11-6-15-7-12(11)9-16/h2-5,10-12,15,17H,6-9H2,1H3/t10?,11-,12+. The van der Waals surface area contributed by atoms with Gasteiger partial charge in [0.2, 0.25) is 0 Å². The first kappa shape index (κ1) is 11.1. The number of benzene rings is 1. The van der Waals surface area contributed by atoms with E-state index in [0.717, 1.165) is 43.6 Å². The van der Waals surface area contributed by atoms with Crippen LogP contribution in [0.2, 0.25) is 0 Å². The first-order valence-corrected chi connectivity index (χ1v) is 6.48. The fraction of sp³-hybridized carbons (Fsp3) is 0.571. The van der Waals surface area contributed by atoms with E-state index in [0.29, 0.717) is 11.8 Å².